The van der Waals surface area contributed by atoms with Gasteiger partial charge in [-0.1, -0.05) is 35.3 Å². The van der Waals surface area contributed by atoms with Crippen molar-refractivity contribution in [3.8, 4) is 5.75 Å². The largest absolute Gasteiger partial charge is 0.497 e. The Hall–Kier alpha value is -2.24. The van der Waals surface area contributed by atoms with Gasteiger partial charge in [0.05, 0.1) is 7.11 Å². The Morgan fingerprint density at radius 1 is 1.08 bits per heavy atom. The van der Waals surface area contributed by atoms with Gasteiger partial charge in [-0.3, -0.25) is 9.59 Å². The third-order valence-corrected chi connectivity index (χ3v) is 3.90. The van der Waals surface area contributed by atoms with Crippen molar-refractivity contribution in [2.45, 2.75) is 13.5 Å². The molecule has 2 amide bonds. The molecular formula is C18H18Cl2N2O3. The van der Waals surface area contributed by atoms with Gasteiger partial charge in [0, 0.05) is 29.2 Å². The Kier molecular flexibility index (Phi) is 6.67. The van der Waals surface area contributed by atoms with Crippen molar-refractivity contribution in [3.63, 3.8) is 0 Å². The molecule has 0 bridgehead atoms. The molecular weight excluding hydrogens is 363 g/mol. The van der Waals surface area contributed by atoms with Crippen molar-refractivity contribution >= 4 is 40.7 Å². The van der Waals surface area contributed by atoms with Crippen molar-refractivity contribution < 1.29 is 14.3 Å². The molecule has 0 atom stereocenters. The molecule has 0 fully saturated rings. The summed E-state index contributed by atoms with van der Waals surface area (Å²) in [7, 11) is 1.59. The molecule has 0 aromatic heterocycles. The van der Waals surface area contributed by atoms with Crippen molar-refractivity contribution in [2.75, 3.05) is 19.0 Å². The first kappa shape index (κ1) is 19.1. The monoisotopic (exact) mass is 380 g/mol. The first-order chi connectivity index (χ1) is 11.9. The summed E-state index contributed by atoms with van der Waals surface area (Å²) in [6.07, 6.45) is 0. The van der Waals surface area contributed by atoms with Crippen LogP contribution in [0.15, 0.2) is 42.5 Å². The number of nitrogens with zero attached hydrogens (tertiary/aromatic N) is 1. The van der Waals surface area contributed by atoms with Crippen LogP contribution in [0.4, 0.5) is 5.69 Å². The lowest BCUT2D eigenvalue weighted by molar-refractivity contribution is -0.133. The number of ether oxygens (including phenoxy) is 1. The molecule has 0 saturated heterocycles. The Morgan fingerprint density at radius 3 is 2.20 bits per heavy atom. The van der Waals surface area contributed by atoms with Crippen molar-refractivity contribution in [3.05, 3.63) is 58.1 Å². The quantitative estimate of drug-likeness (QED) is 0.823. The predicted molar refractivity (Wildman–Crippen MR) is 99.2 cm³/mol. The molecule has 7 heteroatoms. The van der Waals surface area contributed by atoms with Gasteiger partial charge in [0.2, 0.25) is 11.8 Å². The third-order valence-electron chi connectivity index (χ3n) is 3.46. The highest BCUT2D eigenvalue weighted by Crippen LogP contribution is 2.22. The van der Waals surface area contributed by atoms with Crippen molar-refractivity contribution in [1.29, 1.82) is 0 Å². The summed E-state index contributed by atoms with van der Waals surface area (Å²) in [6, 6.07) is 12.1. The van der Waals surface area contributed by atoms with Crippen molar-refractivity contribution in [2.24, 2.45) is 0 Å². The number of rotatable bonds is 6. The maximum Gasteiger partial charge on any atom is 0.244 e. The van der Waals surface area contributed by atoms with E-state index < -0.39 is 0 Å². The molecule has 25 heavy (non-hydrogen) atoms. The lowest BCUT2D eigenvalue weighted by atomic mass is 10.2. The number of anilines is 1. The fourth-order valence-corrected chi connectivity index (χ4v) is 2.76. The van der Waals surface area contributed by atoms with Gasteiger partial charge in [0.25, 0.3) is 0 Å². The summed E-state index contributed by atoms with van der Waals surface area (Å²) in [4.78, 5) is 25.5. The summed E-state index contributed by atoms with van der Waals surface area (Å²) in [6.45, 7) is 1.67. The number of benzene rings is 2. The fraction of sp³-hybridized carbons (Fsp3) is 0.222. The molecule has 0 heterocycles. The van der Waals surface area contributed by atoms with Crippen LogP contribution >= 0.6 is 23.2 Å². The van der Waals surface area contributed by atoms with Crippen LogP contribution in [0, 0.1) is 0 Å². The minimum atomic E-state index is -0.331. The van der Waals surface area contributed by atoms with Gasteiger partial charge < -0.3 is 15.0 Å². The first-order valence-corrected chi connectivity index (χ1v) is 8.27. The fourth-order valence-electron chi connectivity index (χ4n) is 2.23. The molecule has 1 N–H and O–H groups in total. The number of carbonyl (C=O) groups excluding carboxylic acids is 2. The Balaban J connectivity index is 2.02. The van der Waals surface area contributed by atoms with Gasteiger partial charge in [-0.25, -0.2) is 0 Å². The highest BCUT2D eigenvalue weighted by atomic mass is 35.5. The van der Waals surface area contributed by atoms with Crippen LogP contribution in [-0.4, -0.2) is 30.4 Å². The Morgan fingerprint density at radius 2 is 1.68 bits per heavy atom. The van der Waals surface area contributed by atoms with Crippen LogP contribution in [-0.2, 0) is 16.1 Å². The molecule has 132 valence electrons. The number of hydrogen-bond donors (Lipinski definition) is 1. The van der Waals surface area contributed by atoms with Gasteiger partial charge in [-0.05, 0) is 35.9 Å². The van der Waals surface area contributed by atoms with E-state index in [1.807, 2.05) is 24.3 Å². The molecule has 2 aromatic rings. The molecule has 0 saturated carbocycles. The second-order valence-corrected chi connectivity index (χ2v) is 6.30. The lowest BCUT2D eigenvalue weighted by Gasteiger charge is -2.21. The molecule has 2 aromatic carbocycles. The van der Waals surface area contributed by atoms with Gasteiger partial charge in [-0.15, -0.1) is 0 Å². The Labute approximate surface area is 156 Å². The molecule has 2 rings (SSSR count). The van der Waals surface area contributed by atoms with E-state index in [0.717, 1.165) is 11.3 Å². The Bertz CT molecular complexity index is 743. The molecule has 0 unspecified atom stereocenters. The molecule has 0 aliphatic heterocycles. The summed E-state index contributed by atoms with van der Waals surface area (Å²) < 4.78 is 5.11. The van der Waals surface area contributed by atoms with Gasteiger partial charge >= 0.3 is 0 Å². The first-order valence-electron chi connectivity index (χ1n) is 7.52. The number of hydrogen-bond acceptors (Lipinski definition) is 3. The predicted octanol–water partition coefficient (Wildman–Crippen LogP) is 3.99. The molecule has 0 radical (unpaired) electrons. The topological polar surface area (TPSA) is 58.6 Å². The summed E-state index contributed by atoms with van der Waals surface area (Å²) in [5.74, 6) is 0.200. The van der Waals surface area contributed by atoms with E-state index in [1.54, 1.807) is 25.3 Å². The minimum absolute atomic E-state index is 0.0779. The summed E-state index contributed by atoms with van der Waals surface area (Å²) >= 11 is 11.8. The summed E-state index contributed by atoms with van der Waals surface area (Å²) in [5.41, 5.74) is 1.38. The number of carbonyl (C=O) groups is 2. The van der Waals surface area contributed by atoms with E-state index in [9.17, 15) is 9.59 Å². The van der Waals surface area contributed by atoms with Crippen LogP contribution in [0.1, 0.15) is 12.5 Å². The molecule has 5 nitrogen and oxygen atoms in total. The average Bonchev–Trinajstić information content (AvgIpc) is 2.53. The van der Waals surface area contributed by atoms with Crippen LogP contribution in [0.3, 0.4) is 0 Å². The second-order valence-electron chi connectivity index (χ2n) is 5.43. The highest BCUT2D eigenvalue weighted by molar-refractivity contribution is 6.35. The van der Waals surface area contributed by atoms with Gasteiger partial charge in [0.15, 0.2) is 0 Å². The molecule has 0 aliphatic carbocycles. The van der Waals surface area contributed by atoms with E-state index in [2.05, 4.69) is 5.32 Å². The minimum Gasteiger partial charge on any atom is -0.497 e. The SMILES string of the molecule is COc1ccc(CN(CC(=O)Nc2cc(Cl)cc(Cl)c2)C(C)=O)cc1. The van der Waals surface area contributed by atoms with Crippen LogP contribution < -0.4 is 10.1 Å². The second kappa shape index (κ2) is 8.74. The highest BCUT2D eigenvalue weighted by Gasteiger charge is 2.15. The number of halogens is 2. The van der Waals surface area contributed by atoms with Crippen LogP contribution in [0.2, 0.25) is 10.0 Å². The van der Waals surface area contributed by atoms with Crippen LogP contribution in [0.25, 0.3) is 0 Å². The normalized spacial score (nSPS) is 10.2. The van der Waals surface area contributed by atoms with Gasteiger partial charge in [0.1, 0.15) is 12.3 Å². The number of amides is 2. The maximum absolute atomic E-state index is 12.2. The van der Waals surface area contributed by atoms with E-state index in [4.69, 9.17) is 27.9 Å². The van der Waals surface area contributed by atoms with Crippen molar-refractivity contribution in [1.82, 2.24) is 4.90 Å². The molecule has 0 spiro atoms. The number of methoxy groups -OCH3 is 1. The average molecular weight is 381 g/mol. The maximum atomic E-state index is 12.2. The van der Waals surface area contributed by atoms with Crippen LogP contribution in [0.5, 0.6) is 5.75 Å². The summed E-state index contributed by atoms with van der Waals surface area (Å²) in [5, 5.41) is 3.53. The number of nitrogens with one attached hydrogen (secondary N) is 1. The third kappa shape index (κ3) is 5.96. The smallest absolute Gasteiger partial charge is 0.244 e. The lowest BCUT2D eigenvalue weighted by Crippen LogP contribution is -2.36. The van der Waals surface area contributed by atoms with Gasteiger partial charge in [-0.2, -0.15) is 0 Å². The van der Waals surface area contributed by atoms with E-state index in [0.29, 0.717) is 22.3 Å². The zero-order valence-electron chi connectivity index (χ0n) is 13.9. The van der Waals surface area contributed by atoms with E-state index in [1.165, 1.54) is 11.8 Å². The standard InChI is InChI=1S/C18H18Cl2N2O3/c1-12(23)22(10-13-3-5-17(25-2)6-4-13)11-18(24)21-16-8-14(19)7-15(20)9-16/h3-9H,10-11H2,1-2H3,(H,21,24). The zero-order chi connectivity index (χ0) is 18.4. The zero-order valence-corrected chi connectivity index (χ0v) is 15.4. The molecule has 0 aliphatic rings. The van der Waals surface area contributed by atoms with E-state index in [-0.39, 0.29) is 18.4 Å². The van der Waals surface area contributed by atoms with E-state index >= 15 is 0 Å².